The van der Waals surface area contributed by atoms with Crippen molar-refractivity contribution in [3.63, 3.8) is 0 Å². The van der Waals surface area contributed by atoms with Gasteiger partial charge in [-0.05, 0) is 62.2 Å². The number of methoxy groups -OCH3 is 1. The fraction of sp³-hybridized carbons (Fsp3) is 0.300. The number of rotatable bonds is 5. The molecule has 142 valence electrons. The van der Waals surface area contributed by atoms with Crippen molar-refractivity contribution in [2.24, 2.45) is 0 Å². The second-order valence-corrected chi connectivity index (χ2v) is 8.95. The topological polar surface area (TPSA) is 34.5 Å². The number of halogens is 1. The molecule has 1 aliphatic heterocycles. The maximum absolute atomic E-state index is 12.7. The van der Waals surface area contributed by atoms with Crippen LogP contribution in [0.2, 0.25) is 0 Å². The van der Waals surface area contributed by atoms with Gasteiger partial charge in [-0.3, -0.25) is 9.69 Å². The maximum Gasteiger partial charge on any atom is 0.266 e. The Labute approximate surface area is 177 Å². The van der Waals surface area contributed by atoms with E-state index in [1.165, 1.54) is 17.3 Å². The van der Waals surface area contributed by atoms with E-state index in [9.17, 15) is 4.79 Å². The molecule has 4 nitrogen and oxygen atoms in total. The Morgan fingerprint density at radius 1 is 1.26 bits per heavy atom. The van der Waals surface area contributed by atoms with Crippen LogP contribution < -0.4 is 0 Å². The van der Waals surface area contributed by atoms with Crippen molar-refractivity contribution in [1.82, 2.24) is 9.47 Å². The SMILES string of the molecule is COCCN1C(=O)/C(=C/c2cc(C)n(-c3ccc(Br)c(C)c3)c2C)SC1=S. The maximum atomic E-state index is 12.7. The number of nitrogens with zero attached hydrogens (tertiary/aromatic N) is 2. The highest BCUT2D eigenvalue weighted by atomic mass is 79.9. The summed E-state index contributed by atoms with van der Waals surface area (Å²) in [4.78, 5) is 14.9. The van der Waals surface area contributed by atoms with Gasteiger partial charge in [0.05, 0.1) is 18.1 Å². The third-order valence-corrected chi connectivity index (χ3v) is 6.82. The number of amides is 1. The number of aryl methyl sites for hydroxylation is 2. The molecule has 0 aliphatic carbocycles. The Kier molecular flexibility index (Phi) is 6.25. The highest BCUT2D eigenvalue weighted by Gasteiger charge is 2.31. The number of hydrogen-bond acceptors (Lipinski definition) is 4. The van der Waals surface area contributed by atoms with Crippen LogP contribution in [-0.4, -0.2) is 40.0 Å². The van der Waals surface area contributed by atoms with Crippen LogP contribution >= 0.6 is 39.9 Å². The Balaban J connectivity index is 1.95. The van der Waals surface area contributed by atoms with Crippen LogP contribution in [-0.2, 0) is 9.53 Å². The van der Waals surface area contributed by atoms with E-state index in [1.807, 2.05) is 6.08 Å². The van der Waals surface area contributed by atoms with Gasteiger partial charge in [-0.1, -0.05) is 39.9 Å². The third-order valence-electron chi connectivity index (χ3n) is 4.55. The molecule has 7 heteroatoms. The highest BCUT2D eigenvalue weighted by Crippen LogP contribution is 2.34. The molecule has 1 aliphatic rings. The summed E-state index contributed by atoms with van der Waals surface area (Å²) in [7, 11) is 1.62. The van der Waals surface area contributed by atoms with E-state index in [2.05, 4.69) is 65.5 Å². The van der Waals surface area contributed by atoms with Crippen LogP contribution in [0, 0.1) is 20.8 Å². The minimum absolute atomic E-state index is 0.0497. The van der Waals surface area contributed by atoms with E-state index in [0.29, 0.717) is 22.4 Å². The quantitative estimate of drug-likeness (QED) is 0.459. The molecule has 27 heavy (non-hydrogen) atoms. The molecule has 0 bridgehead atoms. The monoisotopic (exact) mass is 464 g/mol. The zero-order valence-electron chi connectivity index (χ0n) is 15.7. The van der Waals surface area contributed by atoms with Crippen molar-refractivity contribution < 1.29 is 9.53 Å². The van der Waals surface area contributed by atoms with Gasteiger partial charge in [0.15, 0.2) is 0 Å². The van der Waals surface area contributed by atoms with Gasteiger partial charge in [-0.25, -0.2) is 0 Å². The molecule has 0 atom stereocenters. The average molecular weight is 465 g/mol. The van der Waals surface area contributed by atoms with Gasteiger partial charge in [-0.15, -0.1) is 0 Å². The summed E-state index contributed by atoms with van der Waals surface area (Å²) in [6.45, 7) is 7.17. The van der Waals surface area contributed by atoms with Crippen molar-refractivity contribution in [2.75, 3.05) is 20.3 Å². The number of benzene rings is 1. The highest BCUT2D eigenvalue weighted by molar-refractivity contribution is 9.10. The van der Waals surface area contributed by atoms with Gasteiger partial charge in [0, 0.05) is 28.7 Å². The first-order chi connectivity index (χ1) is 12.8. The molecule has 2 heterocycles. The largest absolute Gasteiger partial charge is 0.383 e. The molecule has 0 N–H and O–H groups in total. The molecule has 2 aromatic rings. The minimum Gasteiger partial charge on any atom is -0.383 e. The Bertz CT molecular complexity index is 950. The number of thioether (sulfide) groups is 1. The van der Waals surface area contributed by atoms with Crippen molar-refractivity contribution in [1.29, 1.82) is 0 Å². The molecule has 0 spiro atoms. The molecule has 0 radical (unpaired) electrons. The second-order valence-electron chi connectivity index (χ2n) is 6.42. The van der Waals surface area contributed by atoms with Crippen LogP contribution in [0.15, 0.2) is 33.6 Å². The van der Waals surface area contributed by atoms with Gasteiger partial charge in [0.25, 0.3) is 5.91 Å². The zero-order valence-corrected chi connectivity index (χ0v) is 18.9. The number of carbonyl (C=O) groups is 1. The van der Waals surface area contributed by atoms with Crippen LogP contribution in [0.5, 0.6) is 0 Å². The van der Waals surface area contributed by atoms with Crippen LogP contribution in [0.3, 0.4) is 0 Å². The molecule has 1 aromatic carbocycles. The summed E-state index contributed by atoms with van der Waals surface area (Å²) in [5.74, 6) is -0.0497. The summed E-state index contributed by atoms with van der Waals surface area (Å²) >= 11 is 10.3. The Hall–Kier alpha value is -1.41. The zero-order chi connectivity index (χ0) is 19.7. The lowest BCUT2D eigenvalue weighted by Gasteiger charge is -2.13. The van der Waals surface area contributed by atoms with E-state index < -0.39 is 0 Å². The van der Waals surface area contributed by atoms with E-state index in [1.54, 1.807) is 12.0 Å². The lowest BCUT2D eigenvalue weighted by molar-refractivity contribution is -0.122. The summed E-state index contributed by atoms with van der Waals surface area (Å²) in [6.07, 6.45) is 1.94. The van der Waals surface area contributed by atoms with Crippen molar-refractivity contribution in [2.45, 2.75) is 20.8 Å². The lowest BCUT2D eigenvalue weighted by atomic mass is 10.2. The number of aromatic nitrogens is 1. The second kappa shape index (κ2) is 8.31. The molecule has 1 fully saturated rings. The molecule has 1 saturated heterocycles. The molecule has 1 amide bonds. The summed E-state index contributed by atoms with van der Waals surface area (Å²) in [6, 6.07) is 8.40. The first-order valence-corrected chi connectivity index (χ1v) is 10.5. The Morgan fingerprint density at radius 2 is 2.00 bits per heavy atom. The molecule has 1 aromatic heterocycles. The molecule has 3 rings (SSSR count). The van der Waals surface area contributed by atoms with Crippen molar-refractivity contribution >= 4 is 56.2 Å². The first-order valence-electron chi connectivity index (χ1n) is 8.53. The van der Waals surface area contributed by atoms with Gasteiger partial charge < -0.3 is 9.30 Å². The summed E-state index contributed by atoms with van der Waals surface area (Å²) in [5, 5.41) is 0. The van der Waals surface area contributed by atoms with Crippen molar-refractivity contribution in [3.8, 4) is 5.69 Å². The van der Waals surface area contributed by atoms with Crippen LogP contribution in [0.25, 0.3) is 11.8 Å². The van der Waals surface area contributed by atoms with Crippen LogP contribution in [0.4, 0.5) is 0 Å². The van der Waals surface area contributed by atoms with Gasteiger partial charge in [-0.2, -0.15) is 0 Å². The van der Waals surface area contributed by atoms with Gasteiger partial charge in [0.2, 0.25) is 0 Å². The van der Waals surface area contributed by atoms with E-state index in [-0.39, 0.29) is 5.91 Å². The number of hydrogen-bond donors (Lipinski definition) is 0. The smallest absolute Gasteiger partial charge is 0.266 e. The Morgan fingerprint density at radius 3 is 2.67 bits per heavy atom. The van der Waals surface area contributed by atoms with Crippen LogP contribution in [0.1, 0.15) is 22.5 Å². The predicted octanol–water partition coefficient (Wildman–Crippen LogP) is 5.01. The average Bonchev–Trinajstić information content (AvgIpc) is 3.05. The fourth-order valence-corrected chi connectivity index (χ4v) is 4.66. The van der Waals surface area contributed by atoms with E-state index in [4.69, 9.17) is 17.0 Å². The molecular formula is C20H21BrN2O2S2. The van der Waals surface area contributed by atoms with Gasteiger partial charge in [0.1, 0.15) is 4.32 Å². The fourth-order valence-electron chi connectivity index (χ4n) is 3.12. The predicted molar refractivity (Wildman–Crippen MR) is 119 cm³/mol. The number of thiocarbonyl (C=S) groups is 1. The molecular weight excluding hydrogens is 444 g/mol. The first kappa shape index (κ1) is 20.3. The third kappa shape index (κ3) is 4.06. The number of ether oxygens (including phenoxy) is 1. The summed E-state index contributed by atoms with van der Waals surface area (Å²) < 4.78 is 8.95. The summed E-state index contributed by atoms with van der Waals surface area (Å²) in [5.41, 5.74) is 5.53. The number of carbonyl (C=O) groups excluding carboxylic acids is 1. The normalized spacial score (nSPS) is 16.0. The van der Waals surface area contributed by atoms with Gasteiger partial charge >= 0.3 is 0 Å². The van der Waals surface area contributed by atoms with E-state index in [0.717, 1.165) is 27.1 Å². The van der Waals surface area contributed by atoms with E-state index >= 15 is 0 Å². The standard InChI is InChI=1S/C20H21BrN2O2S2/c1-12-9-16(5-6-17(12)21)23-13(2)10-15(14(23)3)11-18-19(24)22(7-8-25-4)20(26)27-18/h5-6,9-11H,7-8H2,1-4H3/b18-11-. The minimum atomic E-state index is -0.0497. The lowest BCUT2D eigenvalue weighted by Crippen LogP contribution is -2.31. The molecule has 0 saturated carbocycles. The van der Waals surface area contributed by atoms with Crippen molar-refractivity contribution in [3.05, 3.63) is 56.2 Å². The molecule has 0 unspecified atom stereocenters.